The molecule has 1 aliphatic heterocycles. The molecule has 1 heterocycles. The topological polar surface area (TPSA) is 57.6 Å². The third kappa shape index (κ3) is 2.68. The van der Waals surface area contributed by atoms with E-state index in [2.05, 4.69) is 0 Å². The van der Waals surface area contributed by atoms with Crippen LogP contribution in [0.3, 0.4) is 0 Å². The predicted molar refractivity (Wildman–Crippen MR) is 63.4 cm³/mol. The second-order valence-electron chi connectivity index (χ2n) is 4.88. The molecule has 1 fully saturated rings. The number of piperidine rings is 1. The maximum absolute atomic E-state index is 12.3. The van der Waals surface area contributed by atoms with E-state index in [9.17, 15) is 9.59 Å². The van der Waals surface area contributed by atoms with E-state index in [0.29, 0.717) is 12.8 Å². The fourth-order valence-corrected chi connectivity index (χ4v) is 2.71. The Morgan fingerprint density at radius 2 is 1.59 bits per heavy atom. The van der Waals surface area contributed by atoms with Gasteiger partial charge < -0.3 is 10.0 Å². The van der Waals surface area contributed by atoms with Crippen LogP contribution in [0.1, 0.15) is 32.1 Å². The maximum atomic E-state index is 12.3. The van der Waals surface area contributed by atoms with Gasteiger partial charge >= 0.3 is 5.97 Å². The number of hydrogen-bond donors (Lipinski definition) is 1. The van der Waals surface area contributed by atoms with Crippen LogP contribution in [0.15, 0.2) is 12.2 Å². The molecule has 4 heteroatoms. The summed E-state index contributed by atoms with van der Waals surface area (Å²) in [5, 5.41) is 9.15. The van der Waals surface area contributed by atoms with Gasteiger partial charge in [0.25, 0.3) is 0 Å². The number of nitrogens with zero attached hydrogens (tertiary/aromatic N) is 1. The molecule has 0 radical (unpaired) electrons. The van der Waals surface area contributed by atoms with E-state index in [0.717, 1.165) is 25.9 Å². The largest absolute Gasteiger partial charge is 0.481 e. The van der Waals surface area contributed by atoms with E-state index in [1.54, 1.807) is 0 Å². The summed E-state index contributed by atoms with van der Waals surface area (Å²) in [7, 11) is 0. The van der Waals surface area contributed by atoms with Crippen molar-refractivity contribution in [1.29, 1.82) is 0 Å². The first kappa shape index (κ1) is 12.1. The molecule has 0 unspecified atom stereocenters. The molecule has 0 aromatic rings. The van der Waals surface area contributed by atoms with Crippen LogP contribution in [0.5, 0.6) is 0 Å². The number of likely N-dealkylation sites (tertiary alicyclic amines) is 1. The number of rotatable bonds is 2. The summed E-state index contributed by atoms with van der Waals surface area (Å²) in [5.41, 5.74) is 0. The fraction of sp³-hybridized carbons (Fsp3) is 0.692. The zero-order valence-electron chi connectivity index (χ0n) is 9.97. The van der Waals surface area contributed by atoms with Gasteiger partial charge in [-0.05, 0) is 32.1 Å². The number of carbonyl (C=O) groups excluding carboxylic acids is 1. The van der Waals surface area contributed by atoms with Crippen molar-refractivity contribution in [3.63, 3.8) is 0 Å². The van der Waals surface area contributed by atoms with Crippen molar-refractivity contribution in [2.24, 2.45) is 11.8 Å². The van der Waals surface area contributed by atoms with Crippen LogP contribution in [0.2, 0.25) is 0 Å². The molecule has 0 spiro atoms. The number of carbonyl (C=O) groups is 2. The Labute approximate surface area is 101 Å². The SMILES string of the molecule is O=C(O)[C@H]1CC=CC[C@H]1C(=O)N1CCCCC1. The lowest BCUT2D eigenvalue weighted by atomic mass is 9.82. The monoisotopic (exact) mass is 237 g/mol. The van der Waals surface area contributed by atoms with Gasteiger partial charge in [-0.25, -0.2) is 0 Å². The molecule has 0 bridgehead atoms. The van der Waals surface area contributed by atoms with E-state index in [-0.39, 0.29) is 11.8 Å². The van der Waals surface area contributed by atoms with E-state index in [1.165, 1.54) is 6.42 Å². The van der Waals surface area contributed by atoms with E-state index < -0.39 is 11.9 Å². The second kappa shape index (κ2) is 5.34. The van der Waals surface area contributed by atoms with Crippen molar-refractivity contribution in [1.82, 2.24) is 4.90 Å². The highest BCUT2D eigenvalue weighted by Crippen LogP contribution is 2.28. The van der Waals surface area contributed by atoms with E-state index in [1.807, 2.05) is 17.1 Å². The molecule has 94 valence electrons. The molecule has 1 aliphatic carbocycles. The van der Waals surface area contributed by atoms with Crippen molar-refractivity contribution in [2.45, 2.75) is 32.1 Å². The van der Waals surface area contributed by atoms with Crippen LogP contribution < -0.4 is 0 Å². The number of allylic oxidation sites excluding steroid dienone is 2. The molecule has 2 rings (SSSR count). The van der Waals surface area contributed by atoms with Crippen LogP contribution in [-0.4, -0.2) is 35.0 Å². The van der Waals surface area contributed by atoms with Crippen LogP contribution in [0.4, 0.5) is 0 Å². The molecule has 0 aromatic heterocycles. The first-order chi connectivity index (χ1) is 8.20. The molecule has 1 N–H and O–H groups in total. The van der Waals surface area contributed by atoms with Gasteiger partial charge in [0.2, 0.25) is 5.91 Å². The summed E-state index contributed by atoms with van der Waals surface area (Å²) in [5.74, 6) is -1.68. The molecule has 0 saturated carbocycles. The average molecular weight is 237 g/mol. The minimum Gasteiger partial charge on any atom is -0.481 e. The zero-order valence-corrected chi connectivity index (χ0v) is 9.97. The van der Waals surface area contributed by atoms with Gasteiger partial charge in [-0.15, -0.1) is 0 Å². The Balaban J connectivity index is 2.05. The minimum atomic E-state index is -0.843. The normalized spacial score (nSPS) is 29.1. The van der Waals surface area contributed by atoms with Gasteiger partial charge in [0.05, 0.1) is 11.8 Å². The smallest absolute Gasteiger partial charge is 0.307 e. The molecular formula is C13H19NO3. The zero-order chi connectivity index (χ0) is 12.3. The Bertz CT molecular complexity index is 332. The quantitative estimate of drug-likeness (QED) is 0.743. The average Bonchev–Trinajstić information content (AvgIpc) is 2.39. The summed E-state index contributed by atoms with van der Waals surface area (Å²) >= 11 is 0. The second-order valence-corrected chi connectivity index (χ2v) is 4.88. The van der Waals surface area contributed by atoms with Gasteiger partial charge in [0.15, 0.2) is 0 Å². The highest BCUT2D eigenvalue weighted by atomic mass is 16.4. The predicted octanol–water partition coefficient (Wildman–Crippen LogP) is 1.67. The number of hydrogen-bond acceptors (Lipinski definition) is 2. The number of amides is 1. The van der Waals surface area contributed by atoms with Crippen molar-refractivity contribution in [3.8, 4) is 0 Å². The lowest BCUT2D eigenvalue weighted by Gasteiger charge is -2.33. The Morgan fingerprint density at radius 3 is 2.18 bits per heavy atom. The standard InChI is InChI=1S/C13H19NO3/c15-12(14-8-4-1-5-9-14)10-6-2-3-7-11(10)13(16)17/h2-3,10-11H,1,4-9H2,(H,16,17)/t10-,11+/m1/s1. The van der Waals surface area contributed by atoms with Crippen LogP contribution in [0, 0.1) is 11.8 Å². The third-order valence-electron chi connectivity index (χ3n) is 3.73. The molecule has 1 amide bonds. The molecule has 17 heavy (non-hydrogen) atoms. The third-order valence-corrected chi connectivity index (χ3v) is 3.73. The van der Waals surface area contributed by atoms with E-state index in [4.69, 9.17) is 5.11 Å². The minimum absolute atomic E-state index is 0.0430. The summed E-state index contributed by atoms with van der Waals surface area (Å²) in [6, 6.07) is 0. The van der Waals surface area contributed by atoms with Crippen molar-refractivity contribution in [3.05, 3.63) is 12.2 Å². The van der Waals surface area contributed by atoms with Crippen molar-refractivity contribution in [2.75, 3.05) is 13.1 Å². The van der Waals surface area contributed by atoms with Crippen molar-refractivity contribution < 1.29 is 14.7 Å². The lowest BCUT2D eigenvalue weighted by molar-refractivity contribution is -0.151. The molecule has 4 nitrogen and oxygen atoms in total. The molecule has 2 aliphatic rings. The van der Waals surface area contributed by atoms with Crippen LogP contribution in [-0.2, 0) is 9.59 Å². The van der Waals surface area contributed by atoms with Gasteiger partial charge in [-0.2, -0.15) is 0 Å². The molecular weight excluding hydrogens is 218 g/mol. The summed E-state index contributed by atoms with van der Waals surface area (Å²) in [4.78, 5) is 25.3. The fourth-order valence-electron chi connectivity index (χ4n) is 2.71. The Kier molecular flexibility index (Phi) is 3.82. The highest BCUT2D eigenvalue weighted by molar-refractivity contribution is 5.85. The van der Waals surface area contributed by atoms with Gasteiger partial charge in [0, 0.05) is 13.1 Å². The van der Waals surface area contributed by atoms with Crippen molar-refractivity contribution >= 4 is 11.9 Å². The maximum Gasteiger partial charge on any atom is 0.307 e. The van der Waals surface area contributed by atoms with E-state index >= 15 is 0 Å². The number of carboxylic acid groups (broad SMARTS) is 1. The van der Waals surface area contributed by atoms with Gasteiger partial charge in [-0.3, -0.25) is 9.59 Å². The molecule has 0 aromatic carbocycles. The Hall–Kier alpha value is -1.32. The molecule has 2 atom stereocenters. The number of aliphatic carboxylic acids is 1. The highest BCUT2D eigenvalue weighted by Gasteiger charge is 2.36. The van der Waals surface area contributed by atoms with Gasteiger partial charge in [0.1, 0.15) is 0 Å². The Morgan fingerprint density at radius 1 is 1.00 bits per heavy atom. The first-order valence-electron chi connectivity index (χ1n) is 6.36. The summed E-state index contributed by atoms with van der Waals surface area (Å²) in [6.07, 6.45) is 8.14. The first-order valence-corrected chi connectivity index (χ1v) is 6.36. The van der Waals surface area contributed by atoms with Crippen LogP contribution >= 0.6 is 0 Å². The van der Waals surface area contributed by atoms with Crippen LogP contribution in [0.25, 0.3) is 0 Å². The summed E-state index contributed by atoms with van der Waals surface area (Å²) in [6.45, 7) is 1.59. The number of carboxylic acids is 1. The lowest BCUT2D eigenvalue weighted by Crippen LogP contribution is -2.44. The molecule has 1 saturated heterocycles. The summed E-state index contributed by atoms with van der Waals surface area (Å²) < 4.78 is 0. The van der Waals surface area contributed by atoms with Gasteiger partial charge in [-0.1, -0.05) is 12.2 Å².